The molecular formula is C18H26N6O10S2. The second kappa shape index (κ2) is 10.2. The number of β-lactam (4-membered cyclic amide) rings is 1. The van der Waals surface area contributed by atoms with Gasteiger partial charge in [0.2, 0.25) is 5.60 Å². The fraction of sp³-hybridized carbons (Fsp3) is 0.556. The minimum absolute atomic E-state index is 0.0145. The van der Waals surface area contributed by atoms with Crippen LogP contribution in [0.2, 0.25) is 0 Å². The predicted molar refractivity (Wildman–Crippen MR) is 124 cm³/mol. The Morgan fingerprint density at radius 3 is 2.36 bits per heavy atom. The number of ether oxygens (including phenoxy) is 2. The van der Waals surface area contributed by atoms with Gasteiger partial charge in [-0.1, -0.05) is 5.16 Å². The summed E-state index contributed by atoms with van der Waals surface area (Å²) in [5.41, 5.74) is 7.39. The molecule has 0 aromatic carbocycles. The van der Waals surface area contributed by atoms with Gasteiger partial charge in [-0.25, -0.2) is 18.9 Å². The van der Waals surface area contributed by atoms with E-state index in [4.69, 9.17) is 21.0 Å². The van der Waals surface area contributed by atoms with Crippen molar-refractivity contribution in [2.75, 3.05) is 12.3 Å². The summed E-state index contributed by atoms with van der Waals surface area (Å²) in [6.07, 6.45) is -1.28. The minimum Gasteiger partial charge on any atom is -0.457 e. The van der Waals surface area contributed by atoms with E-state index in [1.807, 2.05) is 0 Å². The van der Waals surface area contributed by atoms with Crippen LogP contribution in [0.1, 0.15) is 40.3 Å². The largest absolute Gasteiger partial charge is 0.457 e. The number of oxime groups is 1. The number of carbonyl (C=O) groups is 4. The van der Waals surface area contributed by atoms with Crippen LogP contribution in [0.4, 0.5) is 9.93 Å². The standard InChI is InChI=1S/C18H26N6O10S2/c1-17(2,3)33-14(27)18(4,5)34-23-10(8-7-35-15(19)21-8)12(25)22-11-9(6-32-16(20)28)24(13(11)26)36(29,30)31/h7,9,11H,6H2,1-5H3,(H2,19,21)(H2,20,28)(H,22,25)(H,29,30,31)/b23-10-/t9-,11+/m1/s1. The highest BCUT2D eigenvalue weighted by Gasteiger charge is 2.55. The Balaban J connectivity index is 2.32. The van der Waals surface area contributed by atoms with Crippen LogP contribution in [0.25, 0.3) is 0 Å². The molecule has 0 unspecified atom stereocenters. The summed E-state index contributed by atoms with van der Waals surface area (Å²) in [5.74, 6) is -3.10. The first kappa shape index (κ1) is 28.7. The van der Waals surface area contributed by atoms with E-state index < -0.39 is 69.8 Å². The van der Waals surface area contributed by atoms with Gasteiger partial charge < -0.3 is 31.1 Å². The van der Waals surface area contributed by atoms with Crippen LogP contribution in [0, 0.1) is 0 Å². The molecular weight excluding hydrogens is 524 g/mol. The molecule has 16 nitrogen and oxygen atoms in total. The molecule has 18 heteroatoms. The second-order valence-electron chi connectivity index (χ2n) is 8.87. The number of nitrogens with zero attached hydrogens (tertiary/aromatic N) is 3. The lowest BCUT2D eigenvalue weighted by atomic mass is 9.99. The van der Waals surface area contributed by atoms with E-state index in [9.17, 15) is 32.1 Å². The number of amides is 3. The van der Waals surface area contributed by atoms with Gasteiger partial charge in [-0.2, -0.15) is 8.42 Å². The van der Waals surface area contributed by atoms with Crippen molar-refractivity contribution in [1.82, 2.24) is 14.6 Å². The summed E-state index contributed by atoms with van der Waals surface area (Å²) in [6, 6.07) is -3.08. The monoisotopic (exact) mass is 550 g/mol. The lowest BCUT2D eigenvalue weighted by Crippen LogP contribution is -2.73. The lowest BCUT2D eigenvalue weighted by Gasteiger charge is -2.43. The number of primary amides is 1. The zero-order valence-electron chi connectivity index (χ0n) is 19.9. The van der Waals surface area contributed by atoms with Gasteiger partial charge in [0.05, 0.1) is 0 Å². The Hall–Kier alpha value is -3.51. The number of esters is 1. The number of nitrogens with one attached hydrogen (secondary N) is 1. The van der Waals surface area contributed by atoms with Crippen molar-refractivity contribution >= 4 is 56.4 Å². The third-order valence-corrected chi connectivity index (χ3v) is 5.96. The zero-order chi connectivity index (χ0) is 27.6. The first-order valence-corrected chi connectivity index (χ1v) is 12.4. The van der Waals surface area contributed by atoms with Crippen molar-refractivity contribution in [2.24, 2.45) is 10.9 Å². The maximum atomic E-state index is 13.0. The van der Waals surface area contributed by atoms with E-state index >= 15 is 0 Å². The molecule has 0 saturated carbocycles. The van der Waals surface area contributed by atoms with E-state index in [1.54, 1.807) is 20.8 Å². The second-order valence-corrected chi connectivity index (χ2v) is 11.1. The number of thiazole rings is 1. The van der Waals surface area contributed by atoms with Crippen LogP contribution >= 0.6 is 11.3 Å². The molecule has 0 spiro atoms. The Kier molecular flexibility index (Phi) is 8.16. The number of aromatic nitrogens is 1. The van der Waals surface area contributed by atoms with Gasteiger partial charge in [-0.3, -0.25) is 14.1 Å². The predicted octanol–water partition coefficient (Wildman–Crippen LogP) is -0.840. The summed E-state index contributed by atoms with van der Waals surface area (Å²) in [7, 11) is -5.04. The fourth-order valence-corrected chi connectivity index (χ4v) is 4.11. The van der Waals surface area contributed by atoms with Gasteiger partial charge in [0, 0.05) is 5.38 Å². The molecule has 0 radical (unpaired) electrons. The quantitative estimate of drug-likeness (QED) is 0.0966. The molecule has 1 aliphatic rings. The Morgan fingerprint density at radius 1 is 1.28 bits per heavy atom. The van der Waals surface area contributed by atoms with Gasteiger partial charge in [-0.15, -0.1) is 11.3 Å². The molecule has 1 aromatic heterocycles. The summed E-state index contributed by atoms with van der Waals surface area (Å²) in [4.78, 5) is 58.0. The topological polar surface area (TPSA) is 243 Å². The average molecular weight is 551 g/mol. The first-order valence-electron chi connectivity index (χ1n) is 10.1. The van der Waals surface area contributed by atoms with Crippen LogP contribution < -0.4 is 16.8 Å². The highest BCUT2D eigenvalue weighted by molar-refractivity contribution is 7.84. The molecule has 36 heavy (non-hydrogen) atoms. The normalized spacial score (nSPS) is 18.8. The molecule has 1 saturated heterocycles. The summed E-state index contributed by atoms with van der Waals surface area (Å²) >= 11 is 0.952. The van der Waals surface area contributed by atoms with Crippen molar-refractivity contribution in [3.05, 3.63) is 11.1 Å². The summed E-state index contributed by atoms with van der Waals surface area (Å²) in [6.45, 7) is 6.85. The maximum absolute atomic E-state index is 13.0. The summed E-state index contributed by atoms with van der Waals surface area (Å²) in [5, 5.41) is 7.34. The average Bonchev–Trinajstić information content (AvgIpc) is 3.12. The molecule has 2 atom stereocenters. The van der Waals surface area contributed by atoms with Gasteiger partial charge in [-0.05, 0) is 34.6 Å². The number of nitrogens with two attached hydrogens (primary N) is 2. The van der Waals surface area contributed by atoms with Crippen LogP contribution in [0.5, 0.6) is 0 Å². The van der Waals surface area contributed by atoms with Crippen molar-refractivity contribution in [3.8, 4) is 0 Å². The molecule has 1 aromatic rings. The number of rotatable bonds is 9. The van der Waals surface area contributed by atoms with Gasteiger partial charge in [0.1, 0.15) is 30.0 Å². The lowest BCUT2D eigenvalue weighted by molar-refractivity contribution is -0.179. The fourth-order valence-electron chi connectivity index (χ4n) is 2.70. The number of hydrogen-bond donors (Lipinski definition) is 4. The molecule has 1 fully saturated rings. The summed E-state index contributed by atoms with van der Waals surface area (Å²) < 4.78 is 42.1. The van der Waals surface area contributed by atoms with E-state index in [1.165, 1.54) is 19.2 Å². The molecule has 1 aliphatic heterocycles. The smallest absolute Gasteiger partial charge is 0.404 e. The Labute approximate surface area is 209 Å². The van der Waals surface area contributed by atoms with E-state index in [2.05, 4.69) is 20.2 Å². The van der Waals surface area contributed by atoms with Crippen molar-refractivity contribution in [2.45, 2.75) is 57.9 Å². The number of nitrogen functional groups attached to an aromatic ring is 1. The first-order chi connectivity index (χ1) is 16.3. The number of hydrogen-bond acceptors (Lipinski definition) is 13. The van der Waals surface area contributed by atoms with Gasteiger partial charge in [0.15, 0.2) is 10.8 Å². The van der Waals surface area contributed by atoms with Gasteiger partial charge >= 0.3 is 22.4 Å². The molecule has 0 bridgehead atoms. The molecule has 3 amide bonds. The van der Waals surface area contributed by atoms with Gasteiger partial charge in [0.25, 0.3) is 11.8 Å². The van der Waals surface area contributed by atoms with Crippen molar-refractivity contribution < 1.29 is 46.5 Å². The van der Waals surface area contributed by atoms with Crippen LogP contribution in [0.15, 0.2) is 10.5 Å². The molecule has 2 rings (SSSR count). The third kappa shape index (κ3) is 7.01. The van der Waals surface area contributed by atoms with Crippen molar-refractivity contribution in [1.29, 1.82) is 0 Å². The SMILES string of the molecule is CC(C)(C)OC(=O)C(C)(C)O/N=C(\C(=O)N[C@@H]1C(=O)N(S(=O)(=O)O)[C@@H]1COC(N)=O)c1csc(N)n1. The Bertz CT molecular complexity index is 1190. The third-order valence-electron chi connectivity index (χ3n) is 4.34. The number of anilines is 1. The van der Waals surface area contributed by atoms with Crippen LogP contribution in [0.3, 0.4) is 0 Å². The van der Waals surface area contributed by atoms with E-state index in [0.29, 0.717) is 0 Å². The van der Waals surface area contributed by atoms with Crippen LogP contribution in [-0.4, -0.2) is 81.7 Å². The number of carbonyl (C=O) groups excluding carboxylic acids is 4. The van der Waals surface area contributed by atoms with Crippen molar-refractivity contribution in [3.63, 3.8) is 0 Å². The molecule has 6 N–H and O–H groups in total. The van der Waals surface area contributed by atoms with E-state index in [0.717, 1.165) is 11.3 Å². The Morgan fingerprint density at radius 2 is 1.89 bits per heavy atom. The highest BCUT2D eigenvalue weighted by Crippen LogP contribution is 2.25. The molecule has 200 valence electrons. The zero-order valence-corrected chi connectivity index (χ0v) is 21.5. The highest BCUT2D eigenvalue weighted by atomic mass is 32.2. The van der Waals surface area contributed by atoms with E-state index in [-0.39, 0.29) is 15.1 Å². The van der Waals surface area contributed by atoms with Crippen LogP contribution in [-0.2, 0) is 39.0 Å². The molecule has 2 heterocycles. The maximum Gasteiger partial charge on any atom is 0.404 e. The molecule has 0 aliphatic carbocycles. The minimum atomic E-state index is -5.04.